The average Bonchev–Trinajstić information content (AvgIpc) is 2.85. The summed E-state index contributed by atoms with van der Waals surface area (Å²) >= 11 is 5.86. The number of benzene rings is 1. The van der Waals surface area contributed by atoms with Gasteiger partial charge in [0, 0.05) is 10.7 Å². The Kier molecular flexibility index (Phi) is 3.95. The lowest BCUT2D eigenvalue weighted by atomic mass is 10.1. The Labute approximate surface area is 119 Å². The monoisotopic (exact) mass is 294 g/mol. The Bertz CT molecular complexity index is 666. The number of halogens is 1. The number of hydrogen-bond acceptors (Lipinski definition) is 4. The minimum Gasteiger partial charge on any atom is -0.475 e. The molecule has 0 radical (unpaired) electrons. The Balaban J connectivity index is 2.15. The van der Waals surface area contributed by atoms with E-state index < -0.39 is 11.9 Å². The third-order valence-corrected chi connectivity index (χ3v) is 2.81. The smallest absolute Gasteiger partial charge is 0.371 e. The predicted molar refractivity (Wildman–Crippen MR) is 73.0 cm³/mol. The lowest BCUT2D eigenvalue weighted by Crippen LogP contribution is -2.14. The first-order valence-electron chi connectivity index (χ1n) is 5.62. The van der Waals surface area contributed by atoms with Gasteiger partial charge in [0.05, 0.1) is 12.1 Å². The van der Waals surface area contributed by atoms with Crippen LogP contribution in [-0.2, 0) is 6.54 Å². The molecule has 1 amide bonds. The highest BCUT2D eigenvalue weighted by molar-refractivity contribution is 6.31. The fourth-order valence-electron chi connectivity index (χ4n) is 1.65. The number of anilines is 1. The maximum Gasteiger partial charge on any atom is 0.371 e. The number of nitrogens with two attached hydrogens (primary N) is 1. The van der Waals surface area contributed by atoms with Gasteiger partial charge in [-0.1, -0.05) is 11.6 Å². The molecule has 0 aliphatic rings. The Morgan fingerprint density at radius 2 is 2.05 bits per heavy atom. The summed E-state index contributed by atoms with van der Waals surface area (Å²) < 4.78 is 5.09. The highest BCUT2D eigenvalue weighted by Gasteiger charge is 2.11. The topological polar surface area (TPSA) is 106 Å². The number of furan rings is 1. The second-order valence-electron chi connectivity index (χ2n) is 3.98. The first-order chi connectivity index (χ1) is 9.47. The van der Waals surface area contributed by atoms with Crippen LogP contribution in [0.2, 0.25) is 5.02 Å². The van der Waals surface area contributed by atoms with Gasteiger partial charge in [-0.05, 0) is 30.3 Å². The predicted octanol–water partition coefficient (Wildman–Crippen LogP) is 2.34. The van der Waals surface area contributed by atoms with Gasteiger partial charge in [0.15, 0.2) is 0 Å². The number of carboxylic acid groups (broad SMARTS) is 1. The SMILES string of the molecule is NC(=O)c1ccc(Cl)cc1NCc1ccc(C(=O)O)o1. The molecule has 0 aliphatic carbocycles. The maximum absolute atomic E-state index is 11.3. The highest BCUT2D eigenvalue weighted by atomic mass is 35.5. The van der Waals surface area contributed by atoms with Crippen molar-refractivity contribution in [2.45, 2.75) is 6.54 Å². The van der Waals surface area contributed by atoms with E-state index in [0.29, 0.717) is 22.0 Å². The second kappa shape index (κ2) is 5.66. The highest BCUT2D eigenvalue weighted by Crippen LogP contribution is 2.21. The molecule has 0 aliphatic heterocycles. The summed E-state index contributed by atoms with van der Waals surface area (Å²) in [6.45, 7) is 0.202. The van der Waals surface area contributed by atoms with E-state index in [9.17, 15) is 9.59 Å². The molecule has 0 bridgehead atoms. The molecule has 0 atom stereocenters. The summed E-state index contributed by atoms with van der Waals surface area (Å²) in [4.78, 5) is 22.0. The van der Waals surface area contributed by atoms with Crippen LogP contribution in [0.15, 0.2) is 34.7 Å². The molecule has 7 heteroatoms. The van der Waals surface area contributed by atoms with Crippen LogP contribution in [0.1, 0.15) is 26.7 Å². The molecule has 0 unspecified atom stereocenters. The maximum atomic E-state index is 11.3. The van der Waals surface area contributed by atoms with Gasteiger partial charge in [0.2, 0.25) is 5.76 Å². The van der Waals surface area contributed by atoms with Crippen molar-refractivity contribution in [3.63, 3.8) is 0 Å². The molecule has 2 rings (SSSR count). The zero-order valence-corrected chi connectivity index (χ0v) is 11.0. The number of rotatable bonds is 5. The third kappa shape index (κ3) is 3.10. The van der Waals surface area contributed by atoms with E-state index in [0.717, 1.165) is 0 Å². The van der Waals surface area contributed by atoms with Crippen molar-refractivity contribution in [3.05, 3.63) is 52.4 Å². The third-order valence-electron chi connectivity index (χ3n) is 2.57. The van der Waals surface area contributed by atoms with E-state index in [4.69, 9.17) is 26.9 Å². The molecule has 4 N–H and O–H groups in total. The molecular formula is C13H11ClN2O4. The first kappa shape index (κ1) is 14.0. The standard InChI is InChI=1S/C13H11ClN2O4/c14-7-1-3-9(12(15)17)10(5-7)16-6-8-2-4-11(20-8)13(18)19/h1-5,16H,6H2,(H2,15,17)(H,18,19). The zero-order chi connectivity index (χ0) is 14.7. The van der Waals surface area contributed by atoms with Crippen LogP contribution in [0.4, 0.5) is 5.69 Å². The van der Waals surface area contributed by atoms with E-state index in [1.165, 1.54) is 18.2 Å². The van der Waals surface area contributed by atoms with Crippen molar-refractivity contribution in [1.82, 2.24) is 0 Å². The molecule has 2 aromatic rings. The van der Waals surface area contributed by atoms with Crippen molar-refractivity contribution in [2.24, 2.45) is 5.73 Å². The molecule has 20 heavy (non-hydrogen) atoms. The lowest BCUT2D eigenvalue weighted by molar-refractivity contribution is 0.0660. The number of carboxylic acids is 1. The normalized spacial score (nSPS) is 10.2. The van der Waals surface area contributed by atoms with Crippen LogP contribution < -0.4 is 11.1 Å². The molecule has 1 aromatic heterocycles. The van der Waals surface area contributed by atoms with Gasteiger partial charge in [-0.15, -0.1) is 0 Å². The largest absolute Gasteiger partial charge is 0.475 e. The number of hydrogen-bond donors (Lipinski definition) is 3. The Morgan fingerprint density at radius 3 is 2.65 bits per heavy atom. The fraction of sp³-hybridized carbons (Fsp3) is 0.0769. The van der Waals surface area contributed by atoms with Crippen LogP contribution in [0.25, 0.3) is 0 Å². The molecule has 0 saturated heterocycles. The van der Waals surface area contributed by atoms with Gasteiger partial charge < -0.3 is 20.6 Å². The molecule has 0 fully saturated rings. The van der Waals surface area contributed by atoms with Gasteiger partial charge in [-0.3, -0.25) is 4.79 Å². The summed E-state index contributed by atoms with van der Waals surface area (Å²) in [5, 5.41) is 12.1. The van der Waals surface area contributed by atoms with Crippen LogP contribution in [-0.4, -0.2) is 17.0 Å². The second-order valence-corrected chi connectivity index (χ2v) is 4.42. The molecule has 104 valence electrons. The van der Waals surface area contributed by atoms with Gasteiger partial charge in [0.1, 0.15) is 5.76 Å². The zero-order valence-electron chi connectivity index (χ0n) is 10.2. The molecule has 1 aromatic carbocycles. The molecule has 1 heterocycles. The Morgan fingerprint density at radius 1 is 1.30 bits per heavy atom. The van der Waals surface area contributed by atoms with Gasteiger partial charge in [-0.25, -0.2) is 4.79 Å². The summed E-state index contributed by atoms with van der Waals surface area (Å²) in [6.07, 6.45) is 0. The van der Waals surface area contributed by atoms with Crippen LogP contribution in [0.5, 0.6) is 0 Å². The number of carbonyl (C=O) groups excluding carboxylic acids is 1. The number of aromatic carboxylic acids is 1. The van der Waals surface area contributed by atoms with Crippen molar-refractivity contribution in [3.8, 4) is 0 Å². The number of primary amides is 1. The van der Waals surface area contributed by atoms with Crippen molar-refractivity contribution < 1.29 is 19.1 Å². The lowest BCUT2D eigenvalue weighted by Gasteiger charge is -2.09. The summed E-state index contributed by atoms with van der Waals surface area (Å²) in [5.74, 6) is -1.47. The summed E-state index contributed by atoms with van der Waals surface area (Å²) in [6, 6.07) is 7.51. The van der Waals surface area contributed by atoms with Crippen LogP contribution in [0, 0.1) is 0 Å². The summed E-state index contributed by atoms with van der Waals surface area (Å²) in [5.41, 5.74) is 6.00. The van der Waals surface area contributed by atoms with E-state index in [1.54, 1.807) is 12.1 Å². The van der Waals surface area contributed by atoms with Crippen molar-refractivity contribution >= 4 is 29.2 Å². The van der Waals surface area contributed by atoms with Crippen molar-refractivity contribution in [2.75, 3.05) is 5.32 Å². The first-order valence-corrected chi connectivity index (χ1v) is 6.00. The van der Waals surface area contributed by atoms with E-state index in [2.05, 4.69) is 5.32 Å². The molecule has 6 nitrogen and oxygen atoms in total. The average molecular weight is 295 g/mol. The quantitative estimate of drug-likeness (QED) is 0.785. The molecule has 0 spiro atoms. The number of carbonyl (C=O) groups is 2. The van der Waals surface area contributed by atoms with E-state index >= 15 is 0 Å². The van der Waals surface area contributed by atoms with Gasteiger partial charge in [-0.2, -0.15) is 0 Å². The summed E-state index contributed by atoms with van der Waals surface area (Å²) in [7, 11) is 0. The molecule has 0 saturated carbocycles. The van der Waals surface area contributed by atoms with E-state index in [1.807, 2.05) is 0 Å². The fourth-order valence-corrected chi connectivity index (χ4v) is 1.82. The van der Waals surface area contributed by atoms with E-state index in [-0.39, 0.29) is 12.3 Å². The van der Waals surface area contributed by atoms with Crippen LogP contribution in [0.3, 0.4) is 0 Å². The number of amides is 1. The Hall–Kier alpha value is -2.47. The minimum atomic E-state index is -1.14. The van der Waals surface area contributed by atoms with Crippen LogP contribution >= 0.6 is 11.6 Å². The molecular weight excluding hydrogens is 284 g/mol. The minimum absolute atomic E-state index is 0.150. The van der Waals surface area contributed by atoms with Crippen molar-refractivity contribution in [1.29, 1.82) is 0 Å². The van der Waals surface area contributed by atoms with Gasteiger partial charge >= 0.3 is 5.97 Å². The van der Waals surface area contributed by atoms with Gasteiger partial charge in [0.25, 0.3) is 5.91 Å². The number of nitrogens with one attached hydrogen (secondary N) is 1.